The highest BCUT2D eigenvalue weighted by molar-refractivity contribution is 7.99. The number of carbonyl (C=O) groups is 2. The first kappa shape index (κ1) is 18.5. The van der Waals surface area contributed by atoms with Gasteiger partial charge in [0.2, 0.25) is 0 Å². The van der Waals surface area contributed by atoms with Crippen molar-refractivity contribution in [3.63, 3.8) is 0 Å². The second-order valence-corrected chi connectivity index (χ2v) is 7.56. The lowest BCUT2D eigenvalue weighted by atomic mass is 10.2. The van der Waals surface area contributed by atoms with Crippen molar-refractivity contribution in [2.45, 2.75) is 16.8 Å². The van der Waals surface area contributed by atoms with Crippen LogP contribution < -0.4 is 10.2 Å². The van der Waals surface area contributed by atoms with Gasteiger partial charge in [-0.1, -0.05) is 35.5 Å². The van der Waals surface area contributed by atoms with Crippen molar-refractivity contribution in [1.82, 2.24) is 4.98 Å². The molecule has 1 aliphatic heterocycles. The van der Waals surface area contributed by atoms with Gasteiger partial charge < -0.3 is 10.2 Å². The molecule has 0 saturated carbocycles. The Morgan fingerprint density at radius 2 is 2.00 bits per heavy atom. The summed E-state index contributed by atoms with van der Waals surface area (Å²) in [6, 6.07) is 15.9. The van der Waals surface area contributed by atoms with Crippen molar-refractivity contribution >= 4 is 46.6 Å². The Morgan fingerprint density at radius 3 is 2.79 bits per heavy atom. The summed E-state index contributed by atoms with van der Waals surface area (Å²) in [7, 11) is 0. The zero-order valence-corrected chi connectivity index (χ0v) is 16.6. The number of anilines is 2. The molecule has 0 radical (unpaired) electrons. The van der Waals surface area contributed by atoms with Crippen molar-refractivity contribution in [1.29, 1.82) is 0 Å². The van der Waals surface area contributed by atoms with Crippen molar-refractivity contribution in [3.8, 4) is 0 Å². The minimum atomic E-state index is -0.286. The lowest BCUT2D eigenvalue weighted by molar-refractivity contribution is 0.0983. The van der Waals surface area contributed by atoms with Crippen LogP contribution >= 0.6 is 23.4 Å². The molecule has 0 atom stereocenters. The first-order valence-corrected chi connectivity index (χ1v) is 9.92. The molecule has 140 valence electrons. The molecular weight excluding hydrogens is 394 g/mol. The number of benzene rings is 2. The molecule has 7 heteroatoms. The van der Waals surface area contributed by atoms with E-state index in [1.165, 1.54) is 11.8 Å². The normalized spacial score (nSPS) is 12.8. The third kappa shape index (κ3) is 3.37. The average molecular weight is 410 g/mol. The van der Waals surface area contributed by atoms with Gasteiger partial charge in [-0.05, 0) is 49.4 Å². The minimum Gasteiger partial charge on any atom is -0.322 e. The summed E-state index contributed by atoms with van der Waals surface area (Å²) in [6.07, 6.45) is 1.67. The second-order valence-electron chi connectivity index (χ2n) is 6.12. The summed E-state index contributed by atoms with van der Waals surface area (Å²) in [6.45, 7) is 2.47. The van der Waals surface area contributed by atoms with E-state index in [0.29, 0.717) is 33.4 Å². The molecular formula is C21H16ClN3O2S. The third-order valence-corrected chi connectivity index (χ3v) is 5.79. The van der Waals surface area contributed by atoms with Gasteiger partial charge in [-0.2, -0.15) is 0 Å². The van der Waals surface area contributed by atoms with E-state index in [4.69, 9.17) is 11.6 Å². The molecule has 0 unspecified atom stereocenters. The van der Waals surface area contributed by atoms with E-state index in [1.807, 2.05) is 19.1 Å². The first-order chi connectivity index (χ1) is 13.6. The first-order valence-electron chi connectivity index (χ1n) is 8.73. The van der Waals surface area contributed by atoms with E-state index >= 15 is 0 Å². The molecule has 1 aromatic heterocycles. The van der Waals surface area contributed by atoms with Gasteiger partial charge in [-0.15, -0.1) is 0 Å². The number of halogens is 1. The number of aromatic nitrogens is 1. The smallest absolute Gasteiger partial charge is 0.261 e. The molecule has 5 nitrogen and oxygen atoms in total. The Labute approximate surface area is 171 Å². The lowest BCUT2D eigenvalue weighted by Crippen LogP contribution is -2.30. The molecule has 0 bridgehead atoms. The SMILES string of the molecule is CCN1C(=O)c2cccnc2Sc2cc(NC(=O)c3ccccc3Cl)ccc21. The fraction of sp³-hybridized carbons (Fsp3) is 0.0952. The Kier molecular flexibility index (Phi) is 5.07. The van der Waals surface area contributed by atoms with E-state index < -0.39 is 0 Å². The molecule has 0 spiro atoms. The highest BCUT2D eigenvalue weighted by atomic mass is 35.5. The topological polar surface area (TPSA) is 62.3 Å². The zero-order valence-electron chi connectivity index (χ0n) is 15.0. The van der Waals surface area contributed by atoms with Gasteiger partial charge in [0.05, 0.1) is 21.8 Å². The predicted octanol–water partition coefficient (Wildman–Crippen LogP) is 5.12. The maximum Gasteiger partial charge on any atom is 0.261 e. The van der Waals surface area contributed by atoms with Gasteiger partial charge in [-0.3, -0.25) is 9.59 Å². The highest BCUT2D eigenvalue weighted by Crippen LogP contribution is 2.41. The summed E-state index contributed by atoms with van der Waals surface area (Å²) in [5.41, 5.74) is 2.40. The van der Waals surface area contributed by atoms with Gasteiger partial charge in [-0.25, -0.2) is 4.98 Å². The van der Waals surface area contributed by atoms with Crippen LogP contribution in [0.4, 0.5) is 11.4 Å². The van der Waals surface area contributed by atoms with Crippen LogP contribution in [0.5, 0.6) is 0 Å². The van der Waals surface area contributed by atoms with Crippen molar-refractivity contribution in [2.24, 2.45) is 0 Å². The Balaban J connectivity index is 1.70. The quantitative estimate of drug-likeness (QED) is 0.652. The molecule has 3 aromatic rings. The summed E-state index contributed by atoms with van der Waals surface area (Å²) < 4.78 is 0. The summed E-state index contributed by atoms with van der Waals surface area (Å²) in [5.74, 6) is -0.365. The van der Waals surface area contributed by atoms with Gasteiger partial charge in [0, 0.05) is 23.3 Å². The minimum absolute atomic E-state index is 0.0790. The zero-order chi connectivity index (χ0) is 19.7. The van der Waals surface area contributed by atoms with Crippen LogP contribution in [-0.4, -0.2) is 23.3 Å². The fourth-order valence-corrected chi connectivity index (χ4v) is 4.33. The summed E-state index contributed by atoms with van der Waals surface area (Å²) in [4.78, 5) is 32.4. The van der Waals surface area contributed by atoms with Crippen LogP contribution in [0.25, 0.3) is 0 Å². The van der Waals surface area contributed by atoms with Crippen LogP contribution in [0.15, 0.2) is 70.7 Å². The molecule has 2 aromatic carbocycles. The summed E-state index contributed by atoms with van der Waals surface area (Å²) in [5, 5.41) is 3.92. The van der Waals surface area contributed by atoms with E-state index in [0.717, 1.165) is 10.6 Å². The standard InChI is InChI=1S/C21H16ClN3O2S/c1-2-25-17-10-9-13(24-19(26)14-6-3-4-8-16(14)22)12-18(17)28-20-15(21(25)27)7-5-11-23-20/h3-12H,2H2,1H3,(H,24,26). The molecule has 0 fully saturated rings. The van der Waals surface area contributed by atoms with Crippen LogP contribution in [-0.2, 0) is 0 Å². The van der Waals surface area contributed by atoms with E-state index in [1.54, 1.807) is 53.6 Å². The number of amides is 2. The molecule has 2 amide bonds. The van der Waals surface area contributed by atoms with Crippen LogP contribution in [0.2, 0.25) is 5.02 Å². The van der Waals surface area contributed by atoms with Gasteiger partial charge >= 0.3 is 0 Å². The lowest BCUT2D eigenvalue weighted by Gasteiger charge is -2.21. The molecule has 1 aliphatic rings. The van der Waals surface area contributed by atoms with E-state index in [-0.39, 0.29) is 11.8 Å². The third-order valence-electron chi connectivity index (χ3n) is 4.40. The molecule has 0 aliphatic carbocycles. The van der Waals surface area contributed by atoms with Crippen molar-refractivity contribution in [2.75, 3.05) is 16.8 Å². The van der Waals surface area contributed by atoms with Crippen LogP contribution in [0.3, 0.4) is 0 Å². The Bertz CT molecular complexity index is 1090. The molecule has 2 heterocycles. The van der Waals surface area contributed by atoms with Gasteiger partial charge in [0.15, 0.2) is 0 Å². The molecule has 28 heavy (non-hydrogen) atoms. The van der Waals surface area contributed by atoms with E-state index in [9.17, 15) is 9.59 Å². The van der Waals surface area contributed by atoms with Crippen molar-refractivity contribution in [3.05, 3.63) is 76.9 Å². The number of nitrogens with one attached hydrogen (secondary N) is 1. The predicted molar refractivity (Wildman–Crippen MR) is 112 cm³/mol. The maximum absolute atomic E-state index is 12.9. The van der Waals surface area contributed by atoms with Crippen LogP contribution in [0, 0.1) is 0 Å². The highest BCUT2D eigenvalue weighted by Gasteiger charge is 2.27. The van der Waals surface area contributed by atoms with Gasteiger partial charge in [0.25, 0.3) is 11.8 Å². The monoisotopic (exact) mass is 409 g/mol. The Hall–Kier alpha value is -2.83. The number of hydrogen-bond donors (Lipinski definition) is 1. The van der Waals surface area contributed by atoms with Crippen LogP contribution in [0.1, 0.15) is 27.6 Å². The summed E-state index contributed by atoms with van der Waals surface area (Å²) >= 11 is 7.53. The number of nitrogens with zero attached hydrogens (tertiary/aromatic N) is 2. The fourth-order valence-electron chi connectivity index (χ4n) is 3.05. The Morgan fingerprint density at radius 1 is 1.18 bits per heavy atom. The molecule has 4 rings (SSSR count). The average Bonchev–Trinajstić information content (AvgIpc) is 2.81. The second kappa shape index (κ2) is 7.66. The number of fused-ring (bicyclic) bond motifs is 2. The number of carbonyl (C=O) groups excluding carboxylic acids is 2. The van der Waals surface area contributed by atoms with Gasteiger partial charge in [0.1, 0.15) is 5.03 Å². The van der Waals surface area contributed by atoms with E-state index in [2.05, 4.69) is 10.3 Å². The number of hydrogen-bond acceptors (Lipinski definition) is 4. The number of rotatable bonds is 3. The number of pyridine rings is 1. The maximum atomic E-state index is 12.9. The largest absolute Gasteiger partial charge is 0.322 e. The van der Waals surface area contributed by atoms with Crippen molar-refractivity contribution < 1.29 is 9.59 Å². The molecule has 0 saturated heterocycles. The molecule has 1 N–H and O–H groups in total.